The van der Waals surface area contributed by atoms with Gasteiger partial charge in [0.2, 0.25) is 0 Å². The summed E-state index contributed by atoms with van der Waals surface area (Å²) in [6.07, 6.45) is 5.14. The molecule has 6 heteroatoms. The van der Waals surface area contributed by atoms with Crippen LogP contribution in [0.15, 0.2) is 24.4 Å². The van der Waals surface area contributed by atoms with Crippen molar-refractivity contribution in [1.82, 2.24) is 9.78 Å². The Balaban J connectivity index is 1.63. The lowest BCUT2D eigenvalue weighted by molar-refractivity contribution is -0.0946. The molecule has 1 fully saturated rings. The number of aryl methyl sites for hydroxylation is 2. The van der Waals surface area contributed by atoms with Gasteiger partial charge in [0, 0.05) is 11.8 Å². The molecule has 1 aromatic heterocycles. The lowest BCUT2D eigenvalue weighted by Gasteiger charge is -2.22. The molecule has 1 aliphatic carbocycles. The van der Waals surface area contributed by atoms with Crippen molar-refractivity contribution in [2.45, 2.75) is 31.9 Å². The third-order valence-electron chi connectivity index (χ3n) is 4.79. The molecule has 6 nitrogen and oxygen atoms in total. The fraction of sp³-hybridized carbons (Fsp3) is 0.474. The van der Waals surface area contributed by atoms with Gasteiger partial charge >= 0.3 is 5.97 Å². The van der Waals surface area contributed by atoms with E-state index < -0.39 is 0 Å². The van der Waals surface area contributed by atoms with Gasteiger partial charge in [-0.25, -0.2) is 4.79 Å². The first-order valence-corrected chi connectivity index (χ1v) is 8.72. The predicted octanol–water partition coefficient (Wildman–Crippen LogP) is 2.24. The Bertz CT molecular complexity index is 778. The number of carbonyl (C=O) groups is 1. The van der Waals surface area contributed by atoms with Crippen molar-refractivity contribution in [2.24, 2.45) is 0 Å². The van der Waals surface area contributed by atoms with E-state index in [-0.39, 0.29) is 12.1 Å². The summed E-state index contributed by atoms with van der Waals surface area (Å²) in [6, 6.07) is 5.74. The second-order valence-electron chi connectivity index (χ2n) is 6.51. The van der Waals surface area contributed by atoms with Crippen LogP contribution in [-0.4, -0.2) is 48.8 Å². The minimum absolute atomic E-state index is 0.0541. The number of benzene rings is 1. The van der Waals surface area contributed by atoms with Crippen LogP contribution < -0.4 is 0 Å². The van der Waals surface area contributed by atoms with Gasteiger partial charge in [0.15, 0.2) is 0 Å². The van der Waals surface area contributed by atoms with Gasteiger partial charge in [-0.15, -0.1) is 0 Å². The van der Waals surface area contributed by atoms with Crippen molar-refractivity contribution in [3.8, 4) is 11.3 Å². The maximum Gasteiger partial charge on any atom is 0.337 e. The van der Waals surface area contributed by atoms with Crippen molar-refractivity contribution in [1.29, 1.82) is 0 Å². The second kappa shape index (κ2) is 6.98. The van der Waals surface area contributed by atoms with Crippen LogP contribution in [0.1, 0.15) is 27.9 Å². The second-order valence-corrected chi connectivity index (χ2v) is 6.51. The number of nitrogens with zero attached hydrogens (tertiary/aromatic N) is 2. The van der Waals surface area contributed by atoms with Crippen molar-refractivity contribution in [2.75, 3.05) is 26.9 Å². The minimum Gasteiger partial charge on any atom is -0.465 e. The molecule has 4 rings (SSSR count). The van der Waals surface area contributed by atoms with E-state index in [0.717, 1.165) is 36.1 Å². The number of esters is 1. The fourth-order valence-electron chi connectivity index (χ4n) is 3.56. The first kappa shape index (κ1) is 16.3. The number of hydrogen-bond acceptors (Lipinski definition) is 5. The molecule has 2 heterocycles. The molecule has 1 atom stereocenters. The lowest BCUT2D eigenvalue weighted by atomic mass is 9.99. The Morgan fingerprint density at radius 3 is 3.00 bits per heavy atom. The fourth-order valence-corrected chi connectivity index (χ4v) is 3.56. The quantitative estimate of drug-likeness (QED) is 0.801. The van der Waals surface area contributed by atoms with Crippen molar-refractivity contribution >= 4 is 5.97 Å². The summed E-state index contributed by atoms with van der Waals surface area (Å²) >= 11 is 0. The molecular formula is C19H22N2O4. The number of aromatic nitrogens is 2. The average Bonchev–Trinajstić information content (AvgIpc) is 2.96. The first-order valence-electron chi connectivity index (χ1n) is 8.72. The molecular weight excluding hydrogens is 320 g/mol. The van der Waals surface area contributed by atoms with Crippen LogP contribution in [0.25, 0.3) is 11.3 Å². The molecule has 2 aliphatic rings. The number of ether oxygens (including phenoxy) is 3. The van der Waals surface area contributed by atoms with Crippen LogP contribution in [-0.2, 0) is 33.6 Å². The highest BCUT2D eigenvalue weighted by molar-refractivity contribution is 5.90. The normalized spacial score (nSPS) is 19.6. The number of rotatable bonds is 3. The molecule has 2 aromatic rings. The molecule has 0 saturated carbocycles. The third-order valence-corrected chi connectivity index (χ3v) is 4.79. The van der Waals surface area contributed by atoms with Crippen molar-refractivity contribution < 1.29 is 19.0 Å². The molecule has 0 bridgehead atoms. The molecule has 0 spiro atoms. The number of carbonyl (C=O) groups excluding carboxylic acids is 1. The standard InChI is InChI=1S/C19H22N2O4/c1-23-19(22)14-5-6-17-13(9-14)3-2-4-15-10-21(20-18(15)17)11-16-12-24-7-8-25-16/h5-6,9-10,16H,2-4,7-8,11-12H2,1H3/t16-/m0/s1. The van der Waals surface area contributed by atoms with Gasteiger partial charge in [0.1, 0.15) is 6.10 Å². The van der Waals surface area contributed by atoms with Gasteiger partial charge in [0.25, 0.3) is 0 Å². The van der Waals surface area contributed by atoms with E-state index in [1.165, 1.54) is 12.7 Å². The van der Waals surface area contributed by atoms with Crippen LogP contribution in [0.2, 0.25) is 0 Å². The van der Waals surface area contributed by atoms with E-state index in [1.807, 2.05) is 22.9 Å². The van der Waals surface area contributed by atoms with Crippen LogP contribution in [0.4, 0.5) is 0 Å². The highest BCUT2D eigenvalue weighted by atomic mass is 16.6. The summed E-state index contributed by atoms with van der Waals surface area (Å²) in [6.45, 7) is 2.62. The molecule has 25 heavy (non-hydrogen) atoms. The largest absolute Gasteiger partial charge is 0.465 e. The highest BCUT2D eigenvalue weighted by Gasteiger charge is 2.22. The van der Waals surface area contributed by atoms with Gasteiger partial charge in [-0.3, -0.25) is 4.68 Å². The summed E-state index contributed by atoms with van der Waals surface area (Å²) < 4.78 is 18.0. The molecule has 0 radical (unpaired) electrons. The molecule has 0 unspecified atom stereocenters. The molecule has 1 aliphatic heterocycles. The van der Waals surface area contributed by atoms with Crippen LogP contribution in [0.3, 0.4) is 0 Å². The van der Waals surface area contributed by atoms with E-state index in [1.54, 1.807) is 0 Å². The van der Waals surface area contributed by atoms with E-state index in [0.29, 0.717) is 31.9 Å². The molecule has 1 aromatic carbocycles. The maximum atomic E-state index is 11.8. The molecule has 0 amide bonds. The predicted molar refractivity (Wildman–Crippen MR) is 91.6 cm³/mol. The zero-order valence-electron chi connectivity index (χ0n) is 14.4. The number of fused-ring (bicyclic) bond motifs is 3. The zero-order valence-corrected chi connectivity index (χ0v) is 14.4. The van der Waals surface area contributed by atoms with E-state index in [4.69, 9.17) is 19.3 Å². The first-order chi connectivity index (χ1) is 12.2. The SMILES string of the molecule is COC(=O)c1ccc2c(c1)CCCc1cn(C[C@H]3COCCO3)nc1-2. The lowest BCUT2D eigenvalue weighted by Crippen LogP contribution is -2.32. The number of methoxy groups -OCH3 is 1. The summed E-state index contributed by atoms with van der Waals surface area (Å²) in [5.74, 6) is -0.299. The molecule has 132 valence electrons. The van der Waals surface area contributed by atoms with Crippen molar-refractivity contribution in [3.63, 3.8) is 0 Å². The Hall–Kier alpha value is -2.18. The topological polar surface area (TPSA) is 62.6 Å². The summed E-state index contributed by atoms with van der Waals surface area (Å²) in [5.41, 5.74) is 5.13. The Kier molecular flexibility index (Phi) is 4.55. The Labute approximate surface area is 146 Å². The Morgan fingerprint density at radius 2 is 2.20 bits per heavy atom. The van der Waals surface area contributed by atoms with E-state index in [9.17, 15) is 4.79 Å². The summed E-state index contributed by atoms with van der Waals surface area (Å²) in [7, 11) is 1.41. The van der Waals surface area contributed by atoms with Gasteiger partial charge < -0.3 is 14.2 Å². The van der Waals surface area contributed by atoms with Crippen molar-refractivity contribution in [3.05, 3.63) is 41.1 Å². The smallest absolute Gasteiger partial charge is 0.337 e. The van der Waals surface area contributed by atoms with Crippen LogP contribution >= 0.6 is 0 Å². The van der Waals surface area contributed by atoms with Crippen LogP contribution in [0.5, 0.6) is 0 Å². The highest BCUT2D eigenvalue weighted by Crippen LogP contribution is 2.32. The average molecular weight is 342 g/mol. The van der Waals surface area contributed by atoms with E-state index >= 15 is 0 Å². The molecule has 1 saturated heterocycles. The monoisotopic (exact) mass is 342 g/mol. The number of hydrogen-bond donors (Lipinski definition) is 0. The van der Waals surface area contributed by atoms with Crippen LogP contribution in [0, 0.1) is 0 Å². The van der Waals surface area contributed by atoms with Gasteiger partial charge in [-0.05, 0) is 42.5 Å². The van der Waals surface area contributed by atoms with Gasteiger partial charge in [-0.2, -0.15) is 5.10 Å². The third kappa shape index (κ3) is 3.32. The summed E-state index contributed by atoms with van der Waals surface area (Å²) in [5, 5.41) is 4.81. The maximum absolute atomic E-state index is 11.8. The summed E-state index contributed by atoms with van der Waals surface area (Å²) in [4.78, 5) is 11.8. The molecule has 0 N–H and O–H groups in total. The Morgan fingerprint density at radius 1 is 1.32 bits per heavy atom. The minimum atomic E-state index is -0.299. The zero-order chi connectivity index (χ0) is 17.2. The van der Waals surface area contributed by atoms with Gasteiger partial charge in [-0.1, -0.05) is 6.07 Å². The van der Waals surface area contributed by atoms with Gasteiger partial charge in [0.05, 0.1) is 44.7 Å². The van der Waals surface area contributed by atoms with E-state index in [2.05, 4.69) is 6.20 Å².